The fraction of sp³-hybridized carbons (Fsp3) is 0.316. The van der Waals surface area contributed by atoms with Crippen LogP contribution in [0.3, 0.4) is 0 Å². The standard InChI is InChI=1S/C19H17ClF3N5O/c1-26-6-8-27(9-7-26)18(29)15-11-17-24-14(12-2-4-13(20)5-3-12)10-16(19(21,22)23)28(17)25-15/h2-5,10-11H,6-9H2,1H3/p+1. The van der Waals surface area contributed by atoms with Gasteiger partial charge in [0, 0.05) is 16.7 Å². The Morgan fingerprint density at radius 2 is 1.79 bits per heavy atom. The SMILES string of the molecule is C[NH+]1CCN(C(=O)c2cc3nc(-c4ccc(Cl)cc4)cc(C(F)(F)F)n3n2)CC1. The molecule has 1 aliphatic rings. The van der Waals surface area contributed by atoms with Crippen molar-refractivity contribution in [1.29, 1.82) is 0 Å². The number of aromatic nitrogens is 3. The lowest BCUT2D eigenvalue weighted by atomic mass is 10.1. The maximum atomic E-state index is 13.7. The van der Waals surface area contributed by atoms with Crippen LogP contribution in [0, 0.1) is 0 Å². The number of carbonyl (C=O) groups is 1. The van der Waals surface area contributed by atoms with Crippen LogP contribution in [0.25, 0.3) is 16.9 Å². The van der Waals surface area contributed by atoms with E-state index in [0.717, 1.165) is 19.2 Å². The normalized spacial score (nSPS) is 15.8. The molecule has 2 aromatic heterocycles. The Balaban J connectivity index is 1.78. The van der Waals surface area contributed by atoms with Gasteiger partial charge < -0.3 is 9.80 Å². The average Bonchev–Trinajstić information content (AvgIpc) is 3.11. The number of likely N-dealkylation sites (N-methyl/N-ethyl adjacent to an activating group) is 1. The second-order valence-electron chi connectivity index (χ2n) is 7.08. The van der Waals surface area contributed by atoms with E-state index in [-0.39, 0.29) is 22.9 Å². The molecule has 1 fully saturated rings. The molecule has 1 N–H and O–H groups in total. The maximum absolute atomic E-state index is 13.7. The van der Waals surface area contributed by atoms with Crippen LogP contribution in [0.2, 0.25) is 5.02 Å². The number of nitrogens with one attached hydrogen (secondary N) is 1. The van der Waals surface area contributed by atoms with E-state index in [4.69, 9.17) is 11.6 Å². The molecule has 0 aliphatic carbocycles. The number of rotatable bonds is 2. The van der Waals surface area contributed by atoms with Crippen LogP contribution in [0.1, 0.15) is 16.2 Å². The topological polar surface area (TPSA) is 54.9 Å². The molecule has 1 amide bonds. The number of amides is 1. The summed E-state index contributed by atoms with van der Waals surface area (Å²) in [6, 6.07) is 8.58. The first kappa shape index (κ1) is 19.7. The number of quaternary nitrogens is 1. The van der Waals surface area contributed by atoms with Crippen molar-refractivity contribution in [2.45, 2.75) is 6.18 Å². The molecule has 3 aromatic rings. The van der Waals surface area contributed by atoms with Gasteiger partial charge >= 0.3 is 6.18 Å². The van der Waals surface area contributed by atoms with Crippen molar-refractivity contribution in [3.05, 3.63) is 52.8 Å². The van der Waals surface area contributed by atoms with Gasteiger partial charge in [0.15, 0.2) is 17.0 Å². The summed E-state index contributed by atoms with van der Waals surface area (Å²) in [5.74, 6) is -0.385. The summed E-state index contributed by atoms with van der Waals surface area (Å²) in [5, 5.41) is 4.41. The molecule has 1 aliphatic heterocycles. The number of carbonyl (C=O) groups excluding carboxylic acids is 1. The van der Waals surface area contributed by atoms with Crippen molar-refractivity contribution >= 4 is 23.2 Å². The lowest BCUT2D eigenvalue weighted by molar-refractivity contribution is -0.883. The van der Waals surface area contributed by atoms with Gasteiger partial charge in [-0.1, -0.05) is 23.7 Å². The third-order valence-electron chi connectivity index (χ3n) is 4.98. The first-order valence-electron chi connectivity index (χ1n) is 9.07. The van der Waals surface area contributed by atoms with E-state index in [1.807, 2.05) is 7.05 Å². The van der Waals surface area contributed by atoms with Gasteiger partial charge in [-0.05, 0) is 18.2 Å². The fourth-order valence-electron chi connectivity index (χ4n) is 3.30. The maximum Gasteiger partial charge on any atom is 0.433 e. The van der Waals surface area contributed by atoms with Crippen LogP contribution < -0.4 is 4.90 Å². The zero-order valence-corrected chi connectivity index (χ0v) is 16.3. The number of nitrogens with zero attached hydrogens (tertiary/aromatic N) is 4. The third kappa shape index (κ3) is 3.92. The number of hydrogen-bond acceptors (Lipinski definition) is 3. The number of fused-ring (bicyclic) bond motifs is 1. The van der Waals surface area contributed by atoms with Gasteiger partial charge in [-0.15, -0.1) is 0 Å². The van der Waals surface area contributed by atoms with E-state index < -0.39 is 11.9 Å². The second kappa shape index (κ2) is 7.31. The Labute approximate surface area is 169 Å². The first-order chi connectivity index (χ1) is 13.7. The van der Waals surface area contributed by atoms with E-state index in [1.165, 1.54) is 11.0 Å². The predicted octanol–water partition coefficient (Wildman–Crippen LogP) is 2.04. The highest BCUT2D eigenvalue weighted by molar-refractivity contribution is 6.30. The Morgan fingerprint density at radius 1 is 1.14 bits per heavy atom. The van der Waals surface area contributed by atoms with Crippen molar-refractivity contribution in [3.8, 4) is 11.3 Å². The van der Waals surface area contributed by atoms with Gasteiger partial charge in [0.05, 0.1) is 38.9 Å². The van der Waals surface area contributed by atoms with Crippen LogP contribution in [0.5, 0.6) is 0 Å². The molecule has 0 atom stereocenters. The summed E-state index contributed by atoms with van der Waals surface area (Å²) in [6.07, 6.45) is -4.66. The molecule has 0 radical (unpaired) electrons. The van der Waals surface area contributed by atoms with Crippen molar-refractivity contribution in [3.63, 3.8) is 0 Å². The highest BCUT2D eigenvalue weighted by Gasteiger charge is 2.36. The van der Waals surface area contributed by atoms with E-state index in [0.29, 0.717) is 28.2 Å². The molecule has 1 saturated heterocycles. The van der Waals surface area contributed by atoms with Crippen LogP contribution in [-0.4, -0.2) is 58.6 Å². The van der Waals surface area contributed by atoms with Gasteiger partial charge in [0.2, 0.25) is 0 Å². The van der Waals surface area contributed by atoms with Crippen LogP contribution in [0.15, 0.2) is 36.4 Å². The lowest BCUT2D eigenvalue weighted by Crippen LogP contribution is -3.12. The number of benzene rings is 1. The summed E-state index contributed by atoms with van der Waals surface area (Å²) >= 11 is 5.86. The predicted molar refractivity (Wildman–Crippen MR) is 101 cm³/mol. The molecule has 0 unspecified atom stereocenters. The minimum Gasteiger partial charge on any atom is -0.334 e. The molecule has 0 bridgehead atoms. The van der Waals surface area contributed by atoms with Crippen molar-refractivity contribution in [2.75, 3.05) is 33.2 Å². The molecule has 29 heavy (non-hydrogen) atoms. The Kier molecular flexibility index (Phi) is 4.95. The molecule has 1 aromatic carbocycles. The Hall–Kier alpha value is -2.65. The highest BCUT2D eigenvalue weighted by atomic mass is 35.5. The molecule has 6 nitrogen and oxygen atoms in total. The molecule has 10 heteroatoms. The zero-order valence-electron chi connectivity index (χ0n) is 15.5. The molecule has 0 saturated carbocycles. The second-order valence-corrected chi connectivity index (χ2v) is 7.52. The first-order valence-corrected chi connectivity index (χ1v) is 9.45. The lowest BCUT2D eigenvalue weighted by Gasteiger charge is -2.29. The van der Waals surface area contributed by atoms with Crippen LogP contribution in [0.4, 0.5) is 13.2 Å². The highest BCUT2D eigenvalue weighted by Crippen LogP contribution is 2.32. The van der Waals surface area contributed by atoms with Gasteiger partial charge in [0.1, 0.15) is 0 Å². The smallest absolute Gasteiger partial charge is 0.334 e. The summed E-state index contributed by atoms with van der Waals surface area (Å²) in [7, 11) is 2.03. The summed E-state index contributed by atoms with van der Waals surface area (Å²) in [4.78, 5) is 20.0. The summed E-state index contributed by atoms with van der Waals surface area (Å²) in [6.45, 7) is 2.64. The largest absolute Gasteiger partial charge is 0.433 e. The third-order valence-corrected chi connectivity index (χ3v) is 5.23. The van der Waals surface area contributed by atoms with Gasteiger partial charge in [-0.25, -0.2) is 9.50 Å². The fourth-order valence-corrected chi connectivity index (χ4v) is 3.43. The zero-order chi connectivity index (χ0) is 20.8. The van der Waals surface area contributed by atoms with Crippen LogP contribution >= 0.6 is 11.6 Å². The Bertz CT molecular complexity index is 1060. The van der Waals surface area contributed by atoms with E-state index >= 15 is 0 Å². The molecule has 3 heterocycles. The van der Waals surface area contributed by atoms with Crippen molar-refractivity contribution in [1.82, 2.24) is 19.5 Å². The number of halogens is 4. The minimum absolute atomic E-state index is 0.0344. The van der Waals surface area contributed by atoms with E-state index in [1.54, 1.807) is 29.2 Å². The minimum atomic E-state index is -4.66. The number of piperazine rings is 1. The Morgan fingerprint density at radius 3 is 2.41 bits per heavy atom. The summed E-state index contributed by atoms with van der Waals surface area (Å²) in [5.41, 5.74) is -0.458. The molecular formula is C19H18ClF3N5O+. The number of alkyl halides is 3. The number of hydrogen-bond donors (Lipinski definition) is 1. The summed E-state index contributed by atoms with van der Waals surface area (Å²) < 4.78 is 41.7. The van der Waals surface area contributed by atoms with Gasteiger partial charge in [0.25, 0.3) is 5.91 Å². The van der Waals surface area contributed by atoms with Gasteiger partial charge in [-0.2, -0.15) is 18.3 Å². The van der Waals surface area contributed by atoms with Crippen LogP contribution in [-0.2, 0) is 6.18 Å². The van der Waals surface area contributed by atoms with E-state index in [9.17, 15) is 18.0 Å². The van der Waals surface area contributed by atoms with Crippen molar-refractivity contribution < 1.29 is 22.9 Å². The molecule has 0 spiro atoms. The van der Waals surface area contributed by atoms with Gasteiger partial charge in [-0.3, -0.25) is 4.79 Å². The molecular weight excluding hydrogens is 407 g/mol. The van der Waals surface area contributed by atoms with Crippen molar-refractivity contribution in [2.24, 2.45) is 0 Å². The quantitative estimate of drug-likeness (QED) is 0.685. The monoisotopic (exact) mass is 424 g/mol. The van der Waals surface area contributed by atoms with E-state index in [2.05, 4.69) is 10.1 Å². The average molecular weight is 425 g/mol. The molecule has 4 rings (SSSR count). The molecule has 152 valence electrons.